The van der Waals surface area contributed by atoms with Crippen molar-refractivity contribution in [2.75, 3.05) is 13.2 Å². The highest BCUT2D eigenvalue weighted by Gasteiger charge is 2.33. The van der Waals surface area contributed by atoms with Gasteiger partial charge in [-0.3, -0.25) is 9.59 Å². The first kappa shape index (κ1) is 18.3. The van der Waals surface area contributed by atoms with E-state index in [1.54, 1.807) is 0 Å². The van der Waals surface area contributed by atoms with E-state index in [2.05, 4.69) is 10.1 Å². The molecule has 0 saturated carbocycles. The maximum absolute atomic E-state index is 12.2. The highest BCUT2D eigenvalue weighted by Crippen LogP contribution is 2.30. The SMILES string of the molecule is NC(=O)C(NC(=O)c1ccc(OC(F)(F)F)c(Cl)c1)C1CCOC1. The number of halogens is 4. The van der Waals surface area contributed by atoms with E-state index < -0.39 is 30.0 Å². The summed E-state index contributed by atoms with van der Waals surface area (Å²) in [5.74, 6) is -2.29. The molecule has 1 saturated heterocycles. The van der Waals surface area contributed by atoms with Crippen LogP contribution < -0.4 is 15.8 Å². The maximum Gasteiger partial charge on any atom is 0.573 e. The molecule has 0 aliphatic carbocycles. The monoisotopic (exact) mass is 366 g/mol. The van der Waals surface area contributed by atoms with Crippen molar-refractivity contribution in [3.63, 3.8) is 0 Å². The van der Waals surface area contributed by atoms with Crippen LogP contribution in [0.1, 0.15) is 16.8 Å². The standard InChI is InChI=1S/C14H14ClF3N2O4/c15-9-5-7(1-2-10(9)24-14(16,17)18)13(22)20-11(12(19)21)8-3-4-23-6-8/h1-2,5,8,11H,3-4,6H2,(H2,19,21)(H,20,22). The first-order valence-electron chi connectivity index (χ1n) is 6.90. The number of carbonyl (C=O) groups excluding carboxylic acids is 2. The minimum absolute atomic E-state index is 0.0281. The average Bonchev–Trinajstić information content (AvgIpc) is 2.98. The molecule has 1 fully saturated rings. The Labute approximate surface area is 140 Å². The van der Waals surface area contributed by atoms with Crippen LogP contribution in [0.2, 0.25) is 5.02 Å². The van der Waals surface area contributed by atoms with Crippen molar-refractivity contribution in [1.82, 2.24) is 5.32 Å². The van der Waals surface area contributed by atoms with Gasteiger partial charge in [0.15, 0.2) is 0 Å². The lowest BCUT2D eigenvalue weighted by Gasteiger charge is -2.20. The Balaban J connectivity index is 2.11. The van der Waals surface area contributed by atoms with Gasteiger partial charge in [0.2, 0.25) is 5.91 Å². The zero-order chi connectivity index (χ0) is 17.9. The van der Waals surface area contributed by atoms with Gasteiger partial charge in [-0.25, -0.2) is 0 Å². The van der Waals surface area contributed by atoms with Crippen LogP contribution >= 0.6 is 11.6 Å². The summed E-state index contributed by atoms with van der Waals surface area (Å²) >= 11 is 5.69. The molecule has 6 nitrogen and oxygen atoms in total. The molecule has 1 aliphatic rings. The van der Waals surface area contributed by atoms with Crippen molar-refractivity contribution in [1.29, 1.82) is 0 Å². The van der Waals surface area contributed by atoms with E-state index >= 15 is 0 Å². The molecule has 0 radical (unpaired) electrons. The molecule has 10 heteroatoms. The molecular weight excluding hydrogens is 353 g/mol. The number of alkyl halides is 3. The molecule has 1 aromatic rings. The third-order valence-corrected chi connectivity index (χ3v) is 3.74. The molecule has 1 aromatic carbocycles. The zero-order valence-corrected chi connectivity index (χ0v) is 13.0. The summed E-state index contributed by atoms with van der Waals surface area (Å²) in [6.45, 7) is 0.743. The predicted molar refractivity (Wildman–Crippen MR) is 77.5 cm³/mol. The highest BCUT2D eigenvalue weighted by atomic mass is 35.5. The zero-order valence-electron chi connectivity index (χ0n) is 12.2. The molecule has 24 heavy (non-hydrogen) atoms. The molecule has 2 amide bonds. The molecular formula is C14H14ClF3N2O4. The number of hydrogen-bond acceptors (Lipinski definition) is 4. The minimum Gasteiger partial charge on any atom is -0.404 e. The van der Waals surface area contributed by atoms with Gasteiger partial charge in [0, 0.05) is 18.1 Å². The van der Waals surface area contributed by atoms with E-state index in [9.17, 15) is 22.8 Å². The summed E-state index contributed by atoms with van der Waals surface area (Å²) in [6.07, 6.45) is -4.33. The number of benzene rings is 1. The van der Waals surface area contributed by atoms with E-state index in [1.807, 2.05) is 0 Å². The van der Waals surface area contributed by atoms with Crippen molar-refractivity contribution in [3.05, 3.63) is 28.8 Å². The van der Waals surface area contributed by atoms with Gasteiger partial charge in [0.05, 0.1) is 11.6 Å². The van der Waals surface area contributed by atoms with Crippen LogP contribution in [-0.4, -0.2) is 37.4 Å². The summed E-state index contributed by atoms with van der Waals surface area (Å²) in [4.78, 5) is 23.7. The molecule has 1 heterocycles. The van der Waals surface area contributed by atoms with Crippen molar-refractivity contribution in [2.24, 2.45) is 11.7 Å². The molecule has 0 spiro atoms. The summed E-state index contributed by atoms with van der Waals surface area (Å²) in [7, 11) is 0. The smallest absolute Gasteiger partial charge is 0.404 e. The van der Waals surface area contributed by atoms with Crippen LogP contribution in [0.25, 0.3) is 0 Å². The number of rotatable bonds is 5. The quantitative estimate of drug-likeness (QED) is 0.832. The lowest BCUT2D eigenvalue weighted by atomic mass is 9.98. The number of hydrogen-bond donors (Lipinski definition) is 2. The normalized spacial score (nSPS) is 18.9. The number of nitrogens with one attached hydrogen (secondary N) is 1. The Morgan fingerprint density at radius 2 is 2.12 bits per heavy atom. The Hall–Kier alpha value is -2.00. The second-order valence-corrected chi connectivity index (χ2v) is 5.58. The fraction of sp³-hybridized carbons (Fsp3) is 0.429. The number of ether oxygens (including phenoxy) is 2. The predicted octanol–water partition coefficient (Wildman–Crippen LogP) is 1.86. The lowest BCUT2D eigenvalue weighted by Crippen LogP contribution is -2.49. The van der Waals surface area contributed by atoms with Gasteiger partial charge < -0.3 is 20.5 Å². The maximum atomic E-state index is 12.2. The Morgan fingerprint density at radius 1 is 1.42 bits per heavy atom. The van der Waals surface area contributed by atoms with E-state index in [0.717, 1.165) is 18.2 Å². The summed E-state index contributed by atoms with van der Waals surface area (Å²) in [5, 5.41) is 2.07. The van der Waals surface area contributed by atoms with E-state index in [0.29, 0.717) is 13.0 Å². The van der Waals surface area contributed by atoms with Gasteiger partial charge in [-0.15, -0.1) is 13.2 Å². The number of carbonyl (C=O) groups is 2. The van der Waals surface area contributed by atoms with Gasteiger partial charge >= 0.3 is 6.36 Å². The third-order valence-electron chi connectivity index (χ3n) is 3.45. The second kappa shape index (κ2) is 7.27. The van der Waals surface area contributed by atoms with Gasteiger partial charge in [0.25, 0.3) is 5.91 Å². The Bertz CT molecular complexity index is 633. The first-order chi connectivity index (χ1) is 11.2. The van der Waals surface area contributed by atoms with Crippen molar-refractivity contribution in [2.45, 2.75) is 18.8 Å². The summed E-state index contributed by atoms with van der Waals surface area (Å²) < 4.78 is 45.4. The molecule has 3 N–H and O–H groups in total. The number of nitrogens with two attached hydrogens (primary N) is 1. The Morgan fingerprint density at radius 3 is 2.62 bits per heavy atom. The van der Waals surface area contributed by atoms with Crippen molar-refractivity contribution >= 4 is 23.4 Å². The van der Waals surface area contributed by atoms with Crippen molar-refractivity contribution in [3.8, 4) is 5.75 Å². The largest absolute Gasteiger partial charge is 0.573 e. The van der Waals surface area contributed by atoms with Gasteiger partial charge in [-0.05, 0) is 24.6 Å². The summed E-state index contributed by atoms with van der Waals surface area (Å²) in [5.41, 5.74) is 5.26. The number of amides is 2. The van der Waals surface area contributed by atoms with Gasteiger partial charge in [-0.1, -0.05) is 11.6 Å². The first-order valence-corrected chi connectivity index (χ1v) is 7.28. The van der Waals surface area contributed by atoms with E-state index in [-0.39, 0.29) is 23.1 Å². The second-order valence-electron chi connectivity index (χ2n) is 5.17. The van der Waals surface area contributed by atoms with E-state index in [1.165, 1.54) is 0 Å². The fourth-order valence-corrected chi connectivity index (χ4v) is 2.53. The van der Waals surface area contributed by atoms with Gasteiger partial charge in [0.1, 0.15) is 11.8 Å². The van der Waals surface area contributed by atoms with Crippen LogP contribution in [-0.2, 0) is 9.53 Å². The van der Waals surface area contributed by atoms with Crippen LogP contribution in [0.5, 0.6) is 5.75 Å². The topological polar surface area (TPSA) is 90.7 Å². The minimum atomic E-state index is -4.90. The molecule has 1 aliphatic heterocycles. The van der Waals surface area contributed by atoms with E-state index in [4.69, 9.17) is 22.1 Å². The third kappa shape index (κ3) is 4.75. The van der Waals surface area contributed by atoms with Crippen LogP contribution in [0.4, 0.5) is 13.2 Å². The molecule has 2 unspecified atom stereocenters. The van der Waals surface area contributed by atoms with Crippen LogP contribution in [0.15, 0.2) is 18.2 Å². The van der Waals surface area contributed by atoms with Crippen molar-refractivity contribution < 1.29 is 32.2 Å². The van der Waals surface area contributed by atoms with Crippen LogP contribution in [0, 0.1) is 5.92 Å². The molecule has 2 rings (SSSR count). The van der Waals surface area contributed by atoms with Crippen LogP contribution in [0.3, 0.4) is 0 Å². The molecule has 2 atom stereocenters. The molecule has 0 aromatic heterocycles. The lowest BCUT2D eigenvalue weighted by molar-refractivity contribution is -0.274. The fourth-order valence-electron chi connectivity index (χ4n) is 2.31. The Kier molecular flexibility index (Phi) is 5.55. The number of primary amides is 1. The summed E-state index contributed by atoms with van der Waals surface area (Å²) in [6, 6.07) is 2.10. The molecule has 0 bridgehead atoms. The average molecular weight is 367 g/mol. The molecule has 132 valence electrons. The highest BCUT2D eigenvalue weighted by molar-refractivity contribution is 6.32. The van der Waals surface area contributed by atoms with Gasteiger partial charge in [-0.2, -0.15) is 0 Å².